The maximum atomic E-state index is 10.8. The highest BCUT2D eigenvalue weighted by Gasteiger charge is 2.35. The molecule has 0 unspecified atom stereocenters. The normalized spacial score (nSPS) is 11.6. The van der Waals surface area contributed by atoms with Crippen LogP contribution in [0.4, 0.5) is 0 Å². The van der Waals surface area contributed by atoms with Crippen molar-refractivity contribution in [1.29, 1.82) is 0 Å². The molecule has 0 fully saturated rings. The van der Waals surface area contributed by atoms with Crippen molar-refractivity contribution >= 4 is 5.97 Å². The lowest BCUT2D eigenvalue weighted by atomic mass is 9.79. The maximum Gasteiger partial charge on any atom is 0.309 e. The first-order valence-electron chi connectivity index (χ1n) is 4.08. The lowest BCUT2D eigenvalue weighted by molar-refractivity contribution is -0.151. The van der Waals surface area contributed by atoms with Gasteiger partial charge in [0.25, 0.3) is 0 Å². The molecule has 0 aliphatic rings. The van der Waals surface area contributed by atoms with E-state index in [1.807, 2.05) is 0 Å². The molecule has 0 aromatic rings. The number of carboxylic acids is 1. The molecule has 0 amide bonds. The van der Waals surface area contributed by atoms with Crippen LogP contribution >= 0.6 is 0 Å². The maximum absolute atomic E-state index is 10.8. The molecule has 0 heterocycles. The van der Waals surface area contributed by atoms with Gasteiger partial charge in [-0.3, -0.25) is 4.79 Å². The van der Waals surface area contributed by atoms with Gasteiger partial charge in [-0.05, 0) is 19.3 Å². The molecule has 0 aliphatic carbocycles. The molecule has 3 N–H and O–H groups in total. The molecule has 0 saturated carbocycles. The third-order valence-corrected chi connectivity index (χ3v) is 2.31. The fourth-order valence-electron chi connectivity index (χ4n) is 1.27. The fraction of sp³-hybridized carbons (Fsp3) is 0.875. The Labute approximate surface area is 71.8 Å². The van der Waals surface area contributed by atoms with Crippen molar-refractivity contribution in [1.82, 2.24) is 0 Å². The Kier molecular flexibility index (Phi) is 4.85. The number of carboxylic acid groups (broad SMARTS) is 1. The van der Waals surface area contributed by atoms with Gasteiger partial charge in [-0.25, -0.2) is 0 Å². The number of rotatable bonds is 6. The topological polar surface area (TPSA) is 77.8 Å². The zero-order chi connectivity index (χ0) is 9.61. The number of carbonyl (C=O) groups is 1. The van der Waals surface area contributed by atoms with E-state index in [1.165, 1.54) is 0 Å². The average Bonchev–Trinajstić information content (AvgIpc) is 2.03. The summed E-state index contributed by atoms with van der Waals surface area (Å²) in [6, 6.07) is 0. The second kappa shape index (κ2) is 5.11. The van der Waals surface area contributed by atoms with Crippen molar-refractivity contribution in [2.75, 3.05) is 13.2 Å². The predicted octanol–water partition coefficient (Wildman–Crippen LogP) is 0.232. The SMILES string of the molecule is CCC(CCO)(CCO)C(=O)O. The van der Waals surface area contributed by atoms with Gasteiger partial charge in [0, 0.05) is 13.2 Å². The standard InChI is InChI=1S/C8H16O4/c1-2-8(3-5-9,4-6-10)7(11)12/h9-10H,2-6H2,1H3,(H,11,12). The Morgan fingerprint density at radius 3 is 1.83 bits per heavy atom. The highest BCUT2D eigenvalue weighted by molar-refractivity contribution is 5.74. The van der Waals surface area contributed by atoms with Crippen LogP contribution in [-0.2, 0) is 4.79 Å². The van der Waals surface area contributed by atoms with Crippen LogP contribution < -0.4 is 0 Å². The van der Waals surface area contributed by atoms with Gasteiger partial charge in [-0.15, -0.1) is 0 Å². The number of hydrogen-bond acceptors (Lipinski definition) is 3. The molecule has 4 heteroatoms. The van der Waals surface area contributed by atoms with Gasteiger partial charge in [0.2, 0.25) is 0 Å². The van der Waals surface area contributed by atoms with Crippen LogP contribution in [0.15, 0.2) is 0 Å². The number of aliphatic carboxylic acids is 1. The van der Waals surface area contributed by atoms with Crippen LogP contribution in [-0.4, -0.2) is 34.5 Å². The molecule has 0 aromatic carbocycles. The average molecular weight is 176 g/mol. The molecule has 12 heavy (non-hydrogen) atoms. The highest BCUT2D eigenvalue weighted by Crippen LogP contribution is 2.30. The first-order chi connectivity index (χ1) is 5.63. The molecule has 0 atom stereocenters. The molecular formula is C8H16O4. The van der Waals surface area contributed by atoms with Crippen LogP contribution in [0.1, 0.15) is 26.2 Å². The summed E-state index contributed by atoms with van der Waals surface area (Å²) in [6.07, 6.45) is 0.849. The van der Waals surface area contributed by atoms with Crippen molar-refractivity contribution in [2.24, 2.45) is 5.41 Å². The lowest BCUT2D eigenvalue weighted by Gasteiger charge is -2.26. The molecule has 4 nitrogen and oxygen atoms in total. The van der Waals surface area contributed by atoms with E-state index in [-0.39, 0.29) is 26.1 Å². The number of aliphatic hydroxyl groups excluding tert-OH is 2. The summed E-state index contributed by atoms with van der Waals surface area (Å²) < 4.78 is 0. The van der Waals surface area contributed by atoms with Gasteiger partial charge in [-0.2, -0.15) is 0 Å². The van der Waals surface area contributed by atoms with E-state index >= 15 is 0 Å². The highest BCUT2D eigenvalue weighted by atomic mass is 16.4. The molecule has 72 valence electrons. The van der Waals surface area contributed by atoms with Crippen LogP contribution in [0.25, 0.3) is 0 Å². The number of hydrogen-bond donors (Lipinski definition) is 3. The van der Waals surface area contributed by atoms with E-state index < -0.39 is 11.4 Å². The molecule has 0 rings (SSSR count). The Morgan fingerprint density at radius 1 is 1.25 bits per heavy atom. The van der Waals surface area contributed by atoms with E-state index in [2.05, 4.69) is 0 Å². The minimum atomic E-state index is -0.941. The van der Waals surface area contributed by atoms with Crippen molar-refractivity contribution in [3.8, 4) is 0 Å². The van der Waals surface area contributed by atoms with Gasteiger partial charge in [0.05, 0.1) is 5.41 Å². The van der Waals surface area contributed by atoms with E-state index in [9.17, 15) is 4.79 Å². The predicted molar refractivity (Wildman–Crippen MR) is 43.8 cm³/mol. The van der Waals surface area contributed by atoms with Crippen molar-refractivity contribution in [2.45, 2.75) is 26.2 Å². The van der Waals surface area contributed by atoms with E-state index in [0.29, 0.717) is 6.42 Å². The second-order valence-corrected chi connectivity index (χ2v) is 2.89. The number of aliphatic hydroxyl groups is 2. The zero-order valence-corrected chi connectivity index (χ0v) is 7.29. The monoisotopic (exact) mass is 176 g/mol. The molecule has 0 bridgehead atoms. The third-order valence-electron chi connectivity index (χ3n) is 2.31. The fourth-order valence-corrected chi connectivity index (χ4v) is 1.27. The Morgan fingerprint density at radius 2 is 1.67 bits per heavy atom. The molecule has 0 aromatic heterocycles. The Bertz CT molecular complexity index is 138. The summed E-state index contributed by atoms with van der Waals surface area (Å²) in [6.45, 7) is 1.44. The van der Waals surface area contributed by atoms with Crippen LogP contribution in [0.3, 0.4) is 0 Å². The minimum absolute atomic E-state index is 0.153. The summed E-state index contributed by atoms with van der Waals surface area (Å²) in [5, 5.41) is 26.2. The van der Waals surface area contributed by atoms with Crippen molar-refractivity contribution < 1.29 is 20.1 Å². The molecular weight excluding hydrogens is 160 g/mol. The summed E-state index contributed by atoms with van der Waals surface area (Å²) in [4.78, 5) is 10.8. The summed E-state index contributed by atoms with van der Waals surface area (Å²) >= 11 is 0. The smallest absolute Gasteiger partial charge is 0.309 e. The summed E-state index contributed by atoms with van der Waals surface area (Å²) in [5.74, 6) is -0.937. The zero-order valence-electron chi connectivity index (χ0n) is 7.29. The Hall–Kier alpha value is -0.610. The van der Waals surface area contributed by atoms with Gasteiger partial charge in [0.1, 0.15) is 0 Å². The van der Waals surface area contributed by atoms with Gasteiger partial charge < -0.3 is 15.3 Å². The van der Waals surface area contributed by atoms with Crippen molar-refractivity contribution in [3.63, 3.8) is 0 Å². The first kappa shape index (κ1) is 11.4. The summed E-state index contributed by atoms with van der Waals surface area (Å²) in [7, 11) is 0. The van der Waals surface area contributed by atoms with Crippen molar-refractivity contribution in [3.05, 3.63) is 0 Å². The molecule has 0 spiro atoms. The Balaban J connectivity index is 4.39. The molecule has 0 saturated heterocycles. The van der Waals surface area contributed by atoms with E-state index in [0.717, 1.165) is 0 Å². The third kappa shape index (κ3) is 2.46. The van der Waals surface area contributed by atoms with Crippen LogP contribution in [0, 0.1) is 5.41 Å². The van der Waals surface area contributed by atoms with E-state index in [4.69, 9.17) is 15.3 Å². The summed E-state index contributed by atoms with van der Waals surface area (Å²) in [5.41, 5.74) is -0.941. The molecule has 0 radical (unpaired) electrons. The second-order valence-electron chi connectivity index (χ2n) is 2.89. The van der Waals surface area contributed by atoms with Gasteiger partial charge in [0.15, 0.2) is 0 Å². The quantitative estimate of drug-likeness (QED) is 0.541. The van der Waals surface area contributed by atoms with E-state index in [1.54, 1.807) is 6.92 Å². The van der Waals surface area contributed by atoms with Crippen LogP contribution in [0.2, 0.25) is 0 Å². The largest absolute Gasteiger partial charge is 0.481 e. The van der Waals surface area contributed by atoms with Gasteiger partial charge >= 0.3 is 5.97 Å². The first-order valence-corrected chi connectivity index (χ1v) is 4.08. The van der Waals surface area contributed by atoms with Gasteiger partial charge in [-0.1, -0.05) is 6.92 Å². The minimum Gasteiger partial charge on any atom is -0.481 e. The lowest BCUT2D eigenvalue weighted by Crippen LogP contribution is -2.32. The van der Waals surface area contributed by atoms with Crippen LogP contribution in [0.5, 0.6) is 0 Å². The molecule has 0 aliphatic heterocycles.